The van der Waals surface area contributed by atoms with Crippen LogP contribution in [0.1, 0.15) is 41.7 Å². The van der Waals surface area contributed by atoms with E-state index in [4.69, 9.17) is 14.2 Å². The largest absolute Gasteiger partial charge is 0.497 e. The van der Waals surface area contributed by atoms with Crippen LogP contribution < -0.4 is 14.8 Å². The van der Waals surface area contributed by atoms with Crippen molar-refractivity contribution in [2.24, 2.45) is 0 Å². The van der Waals surface area contributed by atoms with Crippen molar-refractivity contribution in [2.75, 3.05) is 26.6 Å². The molecule has 0 radical (unpaired) electrons. The molecule has 28 heavy (non-hydrogen) atoms. The predicted octanol–water partition coefficient (Wildman–Crippen LogP) is 4.47. The van der Waals surface area contributed by atoms with Crippen LogP contribution in [0.5, 0.6) is 11.5 Å². The second-order valence-corrected chi connectivity index (χ2v) is 7.81. The van der Waals surface area contributed by atoms with Gasteiger partial charge in [-0.3, -0.25) is 4.79 Å². The van der Waals surface area contributed by atoms with Crippen LogP contribution in [-0.4, -0.2) is 38.6 Å². The highest BCUT2D eigenvalue weighted by atomic mass is 32.2. The maximum atomic E-state index is 13.0. The fraction of sp³-hybridized carbons (Fsp3) is 0.409. The molecular weight excluding hydrogens is 374 g/mol. The first-order chi connectivity index (χ1) is 13.6. The molecule has 1 amide bonds. The summed E-state index contributed by atoms with van der Waals surface area (Å²) in [5.41, 5.74) is 1.55. The van der Waals surface area contributed by atoms with Gasteiger partial charge in [0.05, 0.1) is 31.9 Å². The molecule has 2 unspecified atom stereocenters. The quantitative estimate of drug-likeness (QED) is 0.662. The number of carbonyl (C=O) groups excluding carboxylic acids is 1. The Morgan fingerprint density at radius 3 is 2.79 bits per heavy atom. The molecule has 0 aromatic heterocycles. The van der Waals surface area contributed by atoms with E-state index in [1.54, 1.807) is 26.0 Å². The second kappa shape index (κ2) is 9.85. The van der Waals surface area contributed by atoms with E-state index in [0.29, 0.717) is 5.56 Å². The minimum absolute atomic E-state index is 0.104. The van der Waals surface area contributed by atoms with Crippen LogP contribution in [0, 0.1) is 0 Å². The Bertz CT molecular complexity index is 805. The van der Waals surface area contributed by atoms with Crippen LogP contribution in [0.3, 0.4) is 0 Å². The molecule has 0 aliphatic carbocycles. The van der Waals surface area contributed by atoms with Gasteiger partial charge in [-0.1, -0.05) is 12.1 Å². The molecule has 5 nitrogen and oxygen atoms in total. The number of hydrogen-bond donors (Lipinski definition) is 1. The van der Waals surface area contributed by atoms with Gasteiger partial charge in [0, 0.05) is 22.8 Å². The van der Waals surface area contributed by atoms with Crippen molar-refractivity contribution < 1.29 is 19.0 Å². The topological polar surface area (TPSA) is 56.8 Å². The molecular formula is C22H27NO4S. The number of thioether (sulfide) groups is 1. The molecule has 1 heterocycles. The molecule has 1 N–H and O–H groups in total. The molecule has 0 bridgehead atoms. The summed E-state index contributed by atoms with van der Waals surface area (Å²) in [4.78, 5) is 13.9. The van der Waals surface area contributed by atoms with Crippen LogP contribution in [0.25, 0.3) is 0 Å². The van der Waals surface area contributed by atoms with Crippen LogP contribution in [0.15, 0.2) is 47.4 Å². The predicted molar refractivity (Wildman–Crippen MR) is 112 cm³/mol. The SMILES string of the molecule is COc1ccc(OC)c(C(C)NC(=O)c2ccccc2SCC2CCCO2)c1. The summed E-state index contributed by atoms with van der Waals surface area (Å²) < 4.78 is 16.5. The zero-order valence-corrected chi connectivity index (χ0v) is 17.4. The lowest BCUT2D eigenvalue weighted by Crippen LogP contribution is -2.27. The Morgan fingerprint density at radius 1 is 1.25 bits per heavy atom. The standard InChI is InChI=1S/C22H27NO4S/c1-15(19-13-16(25-2)10-11-20(19)26-3)23-22(24)18-8-4-5-9-21(18)28-14-17-7-6-12-27-17/h4-5,8-11,13,15,17H,6-7,12,14H2,1-3H3,(H,23,24). The lowest BCUT2D eigenvalue weighted by atomic mass is 10.1. The van der Waals surface area contributed by atoms with E-state index in [9.17, 15) is 4.79 Å². The lowest BCUT2D eigenvalue weighted by Gasteiger charge is -2.19. The first-order valence-electron chi connectivity index (χ1n) is 9.48. The van der Waals surface area contributed by atoms with Gasteiger partial charge in [0.25, 0.3) is 5.91 Å². The van der Waals surface area contributed by atoms with Gasteiger partial charge in [-0.15, -0.1) is 11.8 Å². The third kappa shape index (κ3) is 5.00. The summed E-state index contributed by atoms with van der Waals surface area (Å²) in [5.74, 6) is 2.20. The molecule has 2 aromatic rings. The van der Waals surface area contributed by atoms with Crippen LogP contribution in [0.4, 0.5) is 0 Å². The second-order valence-electron chi connectivity index (χ2n) is 6.75. The average Bonchev–Trinajstić information content (AvgIpc) is 3.25. The zero-order valence-electron chi connectivity index (χ0n) is 16.6. The van der Waals surface area contributed by atoms with Crippen molar-refractivity contribution in [2.45, 2.75) is 36.8 Å². The zero-order chi connectivity index (χ0) is 19.9. The summed E-state index contributed by atoms with van der Waals surface area (Å²) in [7, 11) is 3.24. The van der Waals surface area contributed by atoms with Gasteiger partial charge < -0.3 is 19.5 Å². The van der Waals surface area contributed by atoms with Crippen molar-refractivity contribution in [1.29, 1.82) is 0 Å². The summed E-state index contributed by atoms with van der Waals surface area (Å²) in [6, 6.07) is 13.1. The Labute approximate surface area is 170 Å². The number of nitrogens with one attached hydrogen (secondary N) is 1. The Hall–Kier alpha value is -2.18. The van der Waals surface area contributed by atoms with Crippen molar-refractivity contribution in [3.8, 4) is 11.5 Å². The number of carbonyl (C=O) groups is 1. The van der Waals surface area contributed by atoms with Crippen molar-refractivity contribution in [3.63, 3.8) is 0 Å². The van der Waals surface area contributed by atoms with E-state index in [1.807, 2.05) is 49.4 Å². The molecule has 0 saturated carbocycles. The Morgan fingerprint density at radius 2 is 2.07 bits per heavy atom. The third-order valence-corrected chi connectivity index (χ3v) is 6.04. The number of amides is 1. The van der Waals surface area contributed by atoms with Crippen LogP contribution in [0.2, 0.25) is 0 Å². The number of ether oxygens (including phenoxy) is 3. The van der Waals surface area contributed by atoms with Crippen molar-refractivity contribution in [1.82, 2.24) is 5.32 Å². The van der Waals surface area contributed by atoms with E-state index < -0.39 is 0 Å². The molecule has 0 spiro atoms. The van der Waals surface area contributed by atoms with Crippen molar-refractivity contribution >= 4 is 17.7 Å². The number of methoxy groups -OCH3 is 2. The normalized spacial score (nSPS) is 17.2. The fourth-order valence-electron chi connectivity index (χ4n) is 3.27. The number of rotatable bonds is 8. The maximum Gasteiger partial charge on any atom is 0.252 e. The Balaban J connectivity index is 1.72. The number of benzene rings is 2. The van der Waals surface area contributed by atoms with Crippen LogP contribution >= 0.6 is 11.8 Å². The number of hydrogen-bond acceptors (Lipinski definition) is 5. The van der Waals surface area contributed by atoms with E-state index in [0.717, 1.165) is 47.2 Å². The van der Waals surface area contributed by atoms with E-state index in [-0.39, 0.29) is 18.1 Å². The first kappa shape index (κ1) is 20.6. The van der Waals surface area contributed by atoms with Gasteiger partial charge in [0.2, 0.25) is 0 Å². The lowest BCUT2D eigenvalue weighted by molar-refractivity contribution is 0.0936. The third-order valence-electron chi connectivity index (χ3n) is 4.83. The minimum Gasteiger partial charge on any atom is -0.497 e. The molecule has 6 heteroatoms. The molecule has 1 fully saturated rings. The fourth-order valence-corrected chi connectivity index (χ4v) is 4.39. The highest BCUT2D eigenvalue weighted by Crippen LogP contribution is 2.31. The van der Waals surface area contributed by atoms with Crippen LogP contribution in [-0.2, 0) is 4.74 Å². The first-order valence-corrected chi connectivity index (χ1v) is 10.5. The maximum absolute atomic E-state index is 13.0. The molecule has 1 aliphatic rings. The highest BCUT2D eigenvalue weighted by Gasteiger charge is 2.20. The molecule has 1 saturated heterocycles. The van der Waals surface area contributed by atoms with Gasteiger partial charge in [-0.2, -0.15) is 0 Å². The highest BCUT2D eigenvalue weighted by molar-refractivity contribution is 7.99. The van der Waals surface area contributed by atoms with Crippen molar-refractivity contribution in [3.05, 3.63) is 53.6 Å². The van der Waals surface area contributed by atoms with E-state index in [1.165, 1.54) is 0 Å². The van der Waals surface area contributed by atoms with Gasteiger partial charge in [-0.05, 0) is 50.1 Å². The average molecular weight is 402 g/mol. The Kier molecular flexibility index (Phi) is 7.23. The smallest absolute Gasteiger partial charge is 0.252 e. The van der Waals surface area contributed by atoms with E-state index in [2.05, 4.69) is 5.32 Å². The monoisotopic (exact) mass is 401 g/mol. The van der Waals surface area contributed by atoms with E-state index >= 15 is 0 Å². The summed E-state index contributed by atoms with van der Waals surface area (Å²) in [6.45, 7) is 2.78. The molecule has 3 rings (SSSR count). The molecule has 1 aliphatic heterocycles. The van der Waals surface area contributed by atoms with Gasteiger partial charge >= 0.3 is 0 Å². The van der Waals surface area contributed by atoms with Gasteiger partial charge in [0.1, 0.15) is 11.5 Å². The molecule has 2 aromatic carbocycles. The molecule has 150 valence electrons. The van der Waals surface area contributed by atoms with Gasteiger partial charge in [0.15, 0.2) is 0 Å². The summed E-state index contributed by atoms with van der Waals surface area (Å²) >= 11 is 1.68. The minimum atomic E-state index is -0.228. The summed E-state index contributed by atoms with van der Waals surface area (Å²) in [6.07, 6.45) is 2.49. The molecule has 2 atom stereocenters. The summed E-state index contributed by atoms with van der Waals surface area (Å²) in [5, 5.41) is 3.09. The van der Waals surface area contributed by atoms with Gasteiger partial charge in [-0.25, -0.2) is 0 Å².